The molecular formula is C30H34N2O3. The van der Waals surface area contributed by atoms with Gasteiger partial charge in [0.25, 0.3) is 5.91 Å². The maximum Gasteiger partial charge on any atom is 0.251 e. The number of ketones is 1. The summed E-state index contributed by atoms with van der Waals surface area (Å²) in [5.41, 5.74) is 5.89. The van der Waals surface area contributed by atoms with Gasteiger partial charge in [-0.25, -0.2) is 0 Å². The third-order valence-corrected chi connectivity index (χ3v) is 6.93. The normalized spacial score (nSPS) is 17.0. The van der Waals surface area contributed by atoms with E-state index in [1.54, 1.807) is 13.0 Å². The molecule has 0 unspecified atom stereocenters. The SMILES string of the molecule is CC(=O)c1ccc(-c2ccc(C(=O)NCCCCN[C@H]3c4cc(O)ccc4CC[C@@H]3C)cc2)cc1. The van der Waals surface area contributed by atoms with E-state index < -0.39 is 0 Å². The predicted molar refractivity (Wildman–Crippen MR) is 140 cm³/mol. The zero-order chi connectivity index (χ0) is 24.8. The first-order valence-electron chi connectivity index (χ1n) is 12.5. The molecule has 182 valence electrons. The monoisotopic (exact) mass is 470 g/mol. The van der Waals surface area contributed by atoms with Crippen molar-refractivity contribution in [3.8, 4) is 16.9 Å². The highest BCUT2D eigenvalue weighted by molar-refractivity contribution is 5.95. The number of aryl methyl sites for hydroxylation is 1. The fourth-order valence-electron chi connectivity index (χ4n) is 4.79. The van der Waals surface area contributed by atoms with Gasteiger partial charge in [-0.1, -0.05) is 49.4 Å². The highest BCUT2D eigenvalue weighted by Crippen LogP contribution is 2.36. The van der Waals surface area contributed by atoms with Gasteiger partial charge in [-0.05, 0) is 91.6 Å². The molecule has 35 heavy (non-hydrogen) atoms. The van der Waals surface area contributed by atoms with Gasteiger partial charge in [-0.3, -0.25) is 9.59 Å². The van der Waals surface area contributed by atoms with Gasteiger partial charge in [0.2, 0.25) is 0 Å². The van der Waals surface area contributed by atoms with Crippen LogP contribution in [0.2, 0.25) is 0 Å². The van der Waals surface area contributed by atoms with E-state index in [0.717, 1.165) is 43.4 Å². The maximum atomic E-state index is 12.5. The number of rotatable bonds is 9. The van der Waals surface area contributed by atoms with E-state index in [1.165, 1.54) is 11.1 Å². The predicted octanol–water partition coefficient (Wildman–Crippen LogP) is 5.69. The summed E-state index contributed by atoms with van der Waals surface area (Å²) in [6.07, 6.45) is 4.07. The van der Waals surface area contributed by atoms with Crippen molar-refractivity contribution in [3.05, 3.63) is 89.0 Å². The number of benzene rings is 3. The van der Waals surface area contributed by atoms with Gasteiger partial charge in [0.15, 0.2) is 5.78 Å². The standard InChI is InChI=1S/C30H34N2O3/c1-20-5-6-25-15-16-27(34)19-28(25)29(20)31-17-3-4-18-32-30(35)26-13-11-24(12-14-26)23-9-7-22(8-10-23)21(2)33/h7-16,19-20,29,31,34H,3-6,17-18H2,1-2H3,(H,32,35)/t20-,29+/m0/s1. The van der Waals surface area contributed by atoms with Crippen LogP contribution < -0.4 is 10.6 Å². The van der Waals surface area contributed by atoms with E-state index in [9.17, 15) is 14.7 Å². The minimum Gasteiger partial charge on any atom is -0.508 e. The molecule has 0 spiro atoms. The summed E-state index contributed by atoms with van der Waals surface area (Å²) < 4.78 is 0. The van der Waals surface area contributed by atoms with Crippen LogP contribution in [-0.4, -0.2) is 29.9 Å². The van der Waals surface area contributed by atoms with Gasteiger partial charge in [0.1, 0.15) is 5.75 Å². The summed E-state index contributed by atoms with van der Waals surface area (Å²) in [5, 5.41) is 16.6. The number of carbonyl (C=O) groups is 2. The number of hydrogen-bond acceptors (Lipinski definition) is 4. The van der Waals surface area contributed by atoms with E-state index in [1.807, 2.05) is 60.7 Å². The Hall–Kier alpha value is -3.44. The molecule has 2 atom stereocenters. The Morgan fingerprint density at radius 1 is 0.886 bits per heavy atom. The molecule has 0 aliphatic heterocycles. The average Bonchev–Trinajstić information content (AvgIpc) is 2.87. The number of hydrogen-bond donors (Lipinski definition) is 3. The van der Waals surface area contributed by atoms with Crippen molar-refractivity contribution in [3.63, 3.8) is 0 Å². The molecule has 0 fully saturated rings. The molecule has 1 amide bonds. The molecule has 5 nitrogen and oxygen atoms in total. The van der Waals surface area contributed by atoms with Crippen molar-refractivity contribution in [1.82, 2.24) is 10.6 Å². The second-order valence-corrected chi connectivity index (χ2v) is 9.50. The second-order valence-electron chi connectivity index (χ2n) is 9.50. The lowest BCUT2D eigenvalue weighted by Crippen LogP contribution is -2.32. The van der Waals surface area contributed by atoms with E-state index >= 15 is 0 Å². The zero-order valence-electron chi connectivity index (χ0n) is 20.5. The molecule has 0 bridgehead atoms. The first-order chi connectivity index (χ1) is 16.9. The third-order valence-electron chi connectivity index (χ3n) is 6.93. The van der Waals surface area contributed by atoms with Gasteiger partial charge < -0.3 is 15.7 Å². The fraction of sp³-hybridized carbons (Fsp3) is 0.333. The summed E-state index contributed by atoms with van der Waals surface area (Å²) >= 11 is 0. The van der Waals surface area contributed by atoms with Crippen molar-refractivity contribution in [2.45, 2.75) is 45.6 Å². The highest BCUT2D eigenvalue weighted by Gasteiger charge is 2.26. The lowest BCUT2D eigenvalue weighted by atomic mass is 9.80. The Morgan fingerprint density at radius 3 is 2.17 bits per heavy atom. The molecule has 0 aromatic heterocycles. The van der Waals surface area contributed by atoms with Crippen LogP contribution in [0.1, 0.15) is 71.0 Å². The molecule has 4 rings (SSSR count). The Kier molecular flexibility index (Phi) is 7.98. The Morgan fingerprint density at radius 2 is 1.51 bits per heavy atom. The second kappa shape index (κ2) is 11.3. The van der Waals surface area contributed by atoms with E-state index in [4.69, 9.17) is 0 Å². The minimum atomic E-state index is -0.0678. The molecule has 1 aliphatic rings. The summed E-state index contributed by atoms with van der Waals surface area (Å²) in [6, 6.07) is 21.0. The number of phenols is 1. The molecule has 3 aromatic rings. The Bertz CT molecular complexity index is 1170. The minimum absolute atomic E-state index is 0.0496. The topological polar surface area (TPSA) is 78.4 Å². The Labute approximate surface area is 207 Å². The van der Waals surface area contributed by atoms with Gasteiger partial charge in [0.05, 0.1) is 0 Å². The van der Waals surface area contributed by atoms with Crippen LogP contribution in [0.3, 0.4) is 0 Å². The van der Waals surface area contributed by atoms with Crippen LogP contribution >= 0.6 is 0 Å². The van der Waals surface area contributed by atoms with Gasteiger partial charge in [-0.2, -0.15) is 0 Å². The fourth-order valence-corrected chi connectivity index (χ4v) is 4.79. The highest BCUT2D eigenvalue weighted by atomic mass is 16.3. The number of carbonyl (C=O) groups excluding carboxylic acids is 2. The molecular weight excluding hydrogens is 436 g/mol. The molecule has 0 saturated heterocycles. The molecule has 3 aromatic carbocycles. The van der Waals surface area contributed by atoms with Crippen molar-refractivity contribution >= 4 is 11.7 Å². The van der Waals surface area contributed by atoms with Crippen molar-refractivity contribution in [2.24, 2.45) is 5.92 Å². The summed E-state index contributed by atoms with van der Waals surface area (Å²) in [7, 11) is 0. The van der Waals surface area contributed by atoms with Crippen molar-refractivity contribution < 1.29 is 14.7 Å². The lowest BCUT2D eigenvalue weighted by Gasteiger charge is -2.32. The molecule has 0 saturated carbocycles. The zero-order valence-corrected chi connectivity index (χ0v) is 20.5. The van der Waals surface area contributed by atoms with Crippen LogP contribution in [-0.2, 0) is 6.42 Å². The quantitative estimate of drug-likeness (QED) is 0.277. The third kappa shape index (κ3) is 6.17. The Balaban J connectivity index is 1.21. The van der Waals surface area contributed by atoms with E-state index in [2.05, 4.69) is 17.6 Å². The number of nitrogens with one attached hydrogen (secondary N) is 2. The van der Waals surface area contributed by atoms with E-state index in [0.29, 0.717) is 29.3 Å². The summed E-state index contributed by atoms with van der Waals surface area (Å²) in [4.78, 5) is 24.0. The van der Waals surface area contributed by atoms with E-state index in [-0.39, 0.29) is 17.7 Å². The molecule has 1 aliphatic carbocycles. The van der Waals surface area contributed by atoms with Crippen LogP contribution in [0.5, 0.6) is 5.75 Å². The van der Waals surface area contributed by atoms with Gasteiger partial charge in [-0.15, -0.1) is 0 Å². The molecule has 0 heterocycles. The molecule has 0 radical (unpaired) electrons. The number of fused-ring (bicyclic) bond motifs is 1. The molecule has 5 heteroatoms. The van der Waals surface area contributed by atoms with Crippen LogP contribution in [0.25, 0.3) is 11.1 Å². The van der Waals surface area contributed by atoms with Crippen LogP contribution in [0.15, 0.2) is 66.7 Å². The lowest BCUT2D eigenvalue weighted by molar-refractivity contribution is 0.0952. The number of unbranched alkanes of at least 4 members (excludes halogenated alkanes) is 1. The van der Waals surface area contributed by atoms with Crippen molar-refractivity contribution in [1.29, 1.82) is 0 Å². The first kappa shape index (κ1) is 24.7. The first-order valence-corrected chi connectivity index (χ1v) is 12.5. The number of Topliss-reactive ketones (excluding diaryl/α,β-unsaturated/α-hetero) is 1. The van der Waals surface area contributed by atoms with Gasteiger partial charge in [0, 0.05) is 23.7 Å². The summed E-state index contributed by atoms with van der Waals surface area (Å²) in [5.74, 6) is 0.834. The van der Waals surface area contributed by atoms with Crippen LogP contribution in [0, 0.1) is 5.92 Å². The van der Waals surface area contributed by atoms with Crippen molar-refractivity contribution in [2.75, 3.05) is 13.1 Å². The molecule has 3 N–H and O–H groups in total. The van der Waals surface area contributed by atoms with Gasteiger partial charge >= 0.3 is 0 Å². The maximum absolute atomic E-state index is 12.5. The number of amides is 1. The number of phenolic OH excluding ortho intramolecular Hbond substituents is 1. The smallest absolute Gasteiger partial charge is 0.251 e. The van der Waals surface area contributed by atoms with Crippen LogP contribution in [0.4, 0.5) is 0 Å². The largest absolute Gasteiger partial charge is 0.508 e. The average molecular weight is 471 g/mol. The summed E-state index contributed by atoms with van der Waals surface area (Å²) in [6.45, 7) is 5.32. The number of aromatic hydroxyl groups is 1.